The Bertz CT molecular complexity index is 485. The molecule has 1 fully saturated rings. The quantitative estimate of drug-likeness (QED) is 0.667. The van der Waals surface area contributed by atoms with E-state index in [2.05, 4.69) is 29.6 Å². The molecule has 0 unspecified atom stereocenters. The zero-order valence-electron chi connectivity index (χ0n) is 10.4. The topological polar surface area (TPSA) is 29.1 Å². The number of amides is 1. The van der Waals surface area contributed by atoms with Crippen LogP contribution in [-0.4, -0.2) is 10.8 Å². The van der Waals surface area contributed by atoms with E-state index in [9.17, 15) is 4.79 Å². The fourth-order valence-electron chi connectivity index (χ4n) is 3.10. The second-order valence-corrected chi connectivity index (χ2v) is 6.58. The van der Waals surface area contributed by atoms with Crippen LogP contribution < -0.4 is 5.32 Å². The summed E-state index contributed by atoms with van der Waals surface area (Å²) in [5.41, 5.74) is 0. The molecule has 1 aromatic rings. The van der Waals surface area contributed by atoms with Crippen molar-refractivity contribution in [3.63, 3.8) is 0 Å². The molecular formula is C15H17NOS. The van der Waals surface area contributed by atoms with Crippen molar-refractivity contribution in [1.82, 2.24) is 5.32 Å². The predicted molar refractivity (Wildman–Crippen MR) is 74.2 cm³/mol. The SMILES string of the molecule is CC(=O)N[C@]1(Sc2ccccc2)C[C@H]2C=C[C@@H]1C2. The first-order valence-electron chi connectivity index (χ1n) is 6.39. The first-order chi connectivity index (χ1) is 8.68. The number of hydrogen-bond acceptors (Lipinski definition) is 2. The second kappa shape index (κ2) is 4.47. The van der Waals surface area contributed by atoms with Crippen molar-refractivity contribution in [2.24, 2.45) is 11.8 Å². The summed E-state index contributed by atoms with van der Waals surface area (Å²) in [5, 5.41) is 3.21. The molecule has 2 bridgehead atoms. The van der Waals surface area contributed by atoms with Gasteiger partial charge in [0.05, 0.1) is 4.87 Å². The molecule has 2 nitrogen and oxygen atoms in total. The molecule has 0 aliphatic heterocycles. The molecule has 0 aromatic heterocycles. The number of fused-ring (bicyclic) bond motifs is 2. The highest BCUT2D eigenvalue weighted by atomic mass is 32.2. The monoisotopic (exact) mass is 259 g/mol. The largest absolute Gasteiger partial charge is 0.341 e. The smallest absolute Gasteiger partial charge is 0.217 e. The molecule has 0 radical (unpaired) electrons. The van der Waals surface area contributed by atoms with Crippen LogP contribution in [-0.2, 0) is 4.79 Å². The number of nitrogens with one attached hydrogen (secondary N) is 1. The number of hydrogen-bond donors (Lipinski definition) is 1. The molecule has 3 heteroatoms. The van der Waals surface area contributed by atoms with Gasteiger partial charge in [0.25, 0.3) is 0 Å². The van der Waals surface area contributed by atoms with Gasteiger partial charge in [-0.05, 0) is 30.9 Å². The molecule has 1 N–H and O–H groups in total. The van der Waals surface area contributed by atoms with Gasteiger partial charge in [0.2, 0.25) is 5.91 Å². The van der Waals surface area contributed by atoms with E-state index in [4.69, 9.17) is 0 Å². The van der Waals surface area contributed by atoms with E-state index in [0.717, 1.165) is 6.42 Å². The zero-order valence-corrected chi connectivity index (χ0v) is 11.2. The van der Waals surface area contributed by atoms with Crippen LogP contribution in [0.1, 0.15) is 19.8 Å². The van der Waals surface area contributed by atoms with Crippen molar-refractivity contribution in [1.29, 1.82) is 0 Å². The summed E-state index contributed by atoms with van der Waals surface area (Å²) in [7, 11) is 0. The Hall–Kier alpha value is -1.22. The van der Waals surface area contributed by atoms with Crippen LogP contribution in [0.4, 0.5) is 0 Å². The predicted octanol–water partition coefficient (Wildman–Crippen LogP) is 3.21. The fourth-order valence-corrected chi connectivity index (χ4v) is 4.63. The summed E-state index contributed by atoms with van der Waals surface area (Å²) in [4.78, 5) is 12.6. The van der Waals surface area contributed by atoms with Gasteiger partial charge in [-0.25, -0.2) is 0 Å². The van der Waals surface area contributed by atoms with E-state index < -0.39 is 0 Å². The molecule has 0 saturated heterocycles. The Morgan fingerprint density at radius 3 is 2.67 bits per heavy atom. The van der Waals surface area contributed by atoms with Crippen LogP contribution in [0.2, 0.25) is 0 Å². The minimum absolute atomic E-state index is 0.0689. The number of benzene rings is 1. The summed E-state index contributed by atoms with van der Waals surface area (Å²) < 4.78 is 0. The minimum atomic E-state index is -0.132. The molecule has 0 heterocycles. The molecule has 3 atom stereocenters. The van der Waals surface area contributed by atoms with Crippen LogP contribution in [0, 0.1) is 11.8 Å². The van der Waals surface area contributed by atoms with Crippen molar-refractivity contribution in [3.05, 3.63) is 42.5 Å². The normalized spacial score (nSPS) is 32.7. The van der Waals surface area contributed by atoms with E-state index in [-0.39, 0.29) is 10.8 Å². The molecule has 1 saturated carbocycles. The van der Waals surface area contributed by atoms with E-state index >= 15 is 0 Å². The number of allylic oxidation sites excluding steroid dienone is 1. The fraction of sp³-hybridized carbons (Fsp3) is 0.400. The molecule has 3 rings (SSSR count). The summed E-state index contributed by atoms with van der Waals surface area (Å²) >= 11 is 1.81. The van der Waals surface area contributed by atoms with E-state index in [1.54, 1.807) is 18.7 Å². The summed E-state index contributed by atoms with van der Waals surface area (Å²) in [6.07, 6.45) is 6.81. The van der Waals surface area contributed by atoms with Crippen molar-refractivity contribution in [3.8, 4) is 0 Å². The van der Waals surface area contributed by atoms with Gasteiger partial charge in [-0.15, -0.1) is 0 Å². The summed E-state index contributed by atoms with van der Waals surface area (Å²) in [6, 6.07) is 10.4. The highest BCUT2D eigenvalue weighted by molar-refractivity contribution is 8.00. The van der Waals surface area contributed by atoms with Crippen molar-refractivity contribution in [2.45, 2.75) is 29.5 Å². The molecule has 2 aliphatic carbocycles. The van der Waals surface area contributed by atoms with E-state index in [1.165, 1.54) is 11.3 Å². The first kappa shape index (κ1) is 11.8. The number of carbonyl (C=O) groups excluding carboxylic acids is 1. The van der Waals surface area contributed by atoms with Crippen LogP contribution in [0.3, 0.4) is 0 Å². The van der Waals surface area contributed by atoms with Gasteiger partial charge in [0.15, 0.2) is 0 Å². The summed E-state index contributed by atoms with van der Waals surface area (Å²) in [6.45, 7) is 1.61. The maximum absolute atomic E-state index is 11.5. The Morgan fingerprint density at radius 2 is 2.11 bits per heavy atom. The lowest BCUT2D eigenvalue weighted by molar-refractivity contribution is -0.120. The van der Waals surface area contributed by atoms with Crippen LogP contribution in [0.5, 0.6) is 0 Å². The van der Waals surface area contributed by atoms with Crippen molar-refractivity contribution < 1.29 is 4.79 Å². The molecule has 2 aliphatic rings. The standard InChI is InChI=1S/C15H17NOS/c1-11(17)16-15(10-12-7-8-13(15)9-12)18-14-5-3-2-4-6-14/h2-8,12-13H,9-10H2,1H3,(H,16,17)/t12-,13+,15-/m0/s1. The second-order valence-electron chi connectivity index (χ2n) is 5.18. The molecule has 1 amide bonds. The zero-order chi connectivity index (χ0) is 12.6. The Morgan fingerprint density at radius 1 is 1.33 bits per heavy atom. The third kappa shape index (κ3) is 2.07. The third-order valence-corrected chi connectivity index (χ3v) is 5.21. The first-order valence-corrected chi connectivity index (χ1v) is 7.21. The molecule has 94 valence electrons. The van der Waals surface area contributed by atoms with Gasteiger partial charge in [0, 0.05) is 17.7 Å². The Labute approximate surface area is 112 Å². The van der Waals surface area contributed by atoms with E-state index in [0.29, 0.717) is 11.8 Å². The lowest BCUT2D eigenvalue weighted by Gasteiger charge is -2.35. The maximum Gasteiger partial charge on any atom is 0.217 e. The molecule has 1 aromatic carbocycles. The third-order valence-electron chi connectivity index (χ3n) is 3.77. The van der Waals surface area contributed by atoms with Gasteiger partial charge in [-0.1, -0.05) is 42.1 Å². The number of carbonyl (C=O) groups is 1. The number of thioether (sulfide) groups is 1. The lowest BCUT2D eigenvalue weighted by Crippen LogP contribution is -2.47. The van der Waals surface area contributed by atoms with Crippen LogP contribution in [0.15, 0.2) is 47.4 Å². The van der Waals surface area contributed by atoms with Gasteiger partial charge in [-0.3, -0.25) is 4.79 Å². The Kier molecular flexibility index (Phi) is 2.94. The molecule has 18 heavy (non-hydrogen) atoms. The van der Waals surface area contributed by atoms with Gasteiger partial charge in [-0.2, -0.15) is 0 Å². The van der Waals surface area contributed by atoms with Crippen molar-refractivity contribution >= 4 is 17.7 Å². The minimum Gasteiger partial charge on any atom is -0.341 e. The van der Waals surface area contributed by atoms with Crippen LogP contribution >= 0.6 is 11.8 Å². The van der Waals surface area contributed by atoms with Crippen molar-refractivity contribution in [2.75, 3.05) is 0 Å². The van der Waals surface area contributed by atoms with Crippen LogP contribution in [0.25, 0.3) is 0 Å². The highest BCUT2D eigenvalue weighted by Gasteiger charge is 2.49. The molecule has 0 spiro atoms. The average molecular weight is 259 g/mol. The van der Waals surface area contributed by atoms with Gasteiger partial charge >= 0.3 is 0 Å². The van der Waals surface area contributed by atoms with Gasteiger partial charge in [0.1, 0.15) is 0 Å². The molecular weight excluding hydrogens is 242 g/mol. The highest BCUT2D eigenvalue weighted by Crippen LogP contribution is 2.53. The number of rotatable bonds is 3. The lowest BCUT2D eigenvalue weighted by atomic mass is 10.0. The average Bonchev–Trinajstić information content (AvgIpc) is 2.89. The summed E-state index contributed by atoms with van der Waals surface area (Å²) in [5.74, 6) is 1.18. The van der Waals surface area contributed by atoms with Gasteiger partial charge < -0.3 is 5.32 Å². The Balaban J connectivity index is 1.87. The maximum atomic E-state index is 11.5. The van der Waals surface area contributed by atoms with E-state index in [1.807, 2.05) is 18.2 Å².